The molecule has 0 radical (unpaired) electrons. The first kappa shape index (κ1) is 18.2. The molecule has 1 saturated heterocycles. The maximum Gasteiger partial charge on any atom is 0.272 e. The van der Waals surface area contributed by atoms with E-state index in [1.165, 1.54) is 11.8 Å². The van der Waals surface area contributed by atoms with Crippen molar-refractivity contribution in [3.8, 4) is 0 Å². The van der Waals surface area contributed by atoms with E-state index in [0.29, 0.717) is 38.3 Å². The first-order valence-electron chi connectivity index (χ1n) is 9.52. The van der Waals surface area contributed by atoms with Gasteiger partial charge in [-0.2, -0.15) is 0 Å². The molecule has 2 aliphatic heterocycles. The molecule has 2 aliphatic rings. The Kier molecular flexibility index (Phi) is 5.06. The van der Waals surface area contributed by atoms with Crippen molar-refractivity contribution in [1.82, 2.24) is 14.8 Å². The number of carbonyl (C=O) groups excluding carboxylic acids is 3. The molecular formula is C21H22N4O3. The Morgan fingerprint density at radius 2 is 1.75 bits per heavy atom. The zero-order valence-electron chi connectivity index (χ0n) is 15.6. The Labute approximate surface area is 163 Å². The van der Waals surface area contributed by atoms with Crippen molar-refractivity contribution >= 4 is 23.9 Å². The van der Waals surface area contributed by atoms with E-state index >= 15 is 0 Å². The van der Waals surface area contributed by atoms with Crippen LogP contribution in [-0.4, -0.2) is 65.7 Å². The first-order valence-corrected chi connectivity index (χ1v) is 9.52. The van der Waals surface area contributed by atoms with E-state index in [2.05, 4.69) is 11.1 Å². The fourth-order valence-corrected chi connectivity index (χ4v) is 3.77. The molecule has 0 spiro atoms. The van der Waals surface area contributed by atoms with Gasteiger partial charge in [0.05, 0.1) is 0 Å². The Balaban J connectivity index is 1.54. The molecule has 0 N–H and O–H groups in total. The zero-order valence-corrected chi connectivity index (χ0v) is 15.6. The minimum Gasteiger partial charge on any atom is -0.342 e. The topological polar surface area (TPSA) is 73.8 Å². The van der Waals surface area contributed by atoms with Gasteiger partial charge in [0.1, 0.15) is 5.69 Å². The van der Waals surface area contributed by atoms with E-state index in [9.17, 15) is 14.4 Å². The molecule has 1 aromatic carbocycles. The molecule has 1 aromatic heterocycles. The van der Waals surface area contributed by atoms with E-state index in [1.54, 1.807) is 26.8 Å². The van der Waals surface area contributed by atoms with Gasteiger partial charge >= 0.3 is 0 Å². The van der Waals surface area contributed by atoms with Crippen LogP contribution in [0, 0.1) is 0 Å². The molecule has 3 amide bonds. The van der Waals surface area contributed by atoms with E-state index in [4.69, 9.17) is 0 Å². The number of anilines is 1. The molecule has 144 valence electrons. The fraction of sp³-hybridized carbons (Fsp3) is 0.333. The quantitative estimate of drug-likeness (QED) is 0.761. The van der Waals surface area contributed by atoms with Gasteiger partial charge in [-0.25, -0.2) is 0 Å². The third-order valence-electron chi connectivity index (χ3n) is 5.33. The highest BCUT2D eigenvalue weighted by Crippen LogP contribution is 2.28. The van der Waals surface area contributed by atoms with Gasteiger partial charge in [0.2, 0.25) is 6.41 Å². The monoisotopic (exact) mass is 378 g/mol. The van der Waals surface area contributed by atoms with Gasteiger partial charge in [-0.15, -0.1) is 0 Å². The second-order valence-corrected chi connectivity index (χ2v) is 7.05. The van der Waals surface area contributed by atoms with Gasteiger partial charge in [-0.05, 0) is 36.6 Å². The van der Waals surface area contributed by atoms with Gasteiger partial charge in [0, 0.05) is 50.2 Å². The number of hydrogen-bond donors (Lipinski definition) is 0. The maximum absolute atomic E-state index is 13.1. The van der Waals surface area contributed by atoms with Crippen LogP contribution in [0.5, 0.6) is 0 Å². The molecule has 0 bridgehead atoms. The number of para-hydroxylation sites is 1. The third-order valence-corrected chi connectivity index (χ3v) is 5.33. The summed E-state index contributed by atoms with van der Waals surface area (Å²) in [7, 11) is 0. The molecule has 0 unspecified atom stereocenters. The van der Waals surface area contributed by atoms with Crippen molar-refractivity contribution in [1.29, 1.82) is 0 Å². The van der Waals surface area contributed by atoms with Crippen LogP contribution in [0.25, 0.3) is 0 Å². The number of aryl methyl sites for hydroxylation is 1. The number of piperazine rings is 1. The predicted molar refractivity (Wildman–Crippen MR) is 104 cm³/mol. The number of benzene rings is 1. The summed E-state index contributed by atoms with van der Waals surface area (Å²) in [5.74, 6) is -0.325. The molecule has 0 aliphatic carbocycles. The van der Waals surface area contributed by atoms with Crippen LogP contribution in [0.1, 0.15) is 32.8 Å². The third kappa shape index (κ3) is 3.47. The lowest BCUT2D eigenvalue weighted by molar-refractivity contribution is -0.119. The second-order valence-electron chi connectivity index (χ2n) is 7.05. The van der Waals surface area contributed by atoms with Crippen molar-refractivity contribution in [2.75, 3.05) is 37.6 Å². The number of aromatic nitrogens is 1. The van der Waals surface area contributed by atoms with Crippen LogP contribution in [-0.2, 0) is 11.2 Å². The Hall–Kier alpha value is -3.22. The fourth-order valence-electron chi connectivity index (χ4n) is 3.77. The number of hydrogen-bond acceptors (Lipinski definition) is 4. The summed E-state index contributed by atoms with van der Waals surface area (Å²) >= 11 is 0. The summed E-state index contributed by atoms with van der Waals surface area (Å²) in [5.41, 5.74) is 2.83. The molecule has 0 atom stereocenters. The van der Waals surface area contributed by atoms with E-state index in [-0.39, 0.29) is 17.5 Å². The molecule has 2 aromatic rings. The summed E-state index contributed by atoms with van der Waals surface area (Å²) in [4.78, 5) is 46.0. The summed E-state index contributed by atoms with van der Waals surface area (Å²) in [6.45, 7) is 2.62. The highest BCUT2D eigenvalue weighted by molar-refractivity contribution is 6.07. The standard InChI is InChI=1S/C21H22N4O3/c26-15-23-10-12-24(13-11-23)21(28)18-14-17(7-8-22-18)20(27)25-9-3-5-16-4-1-2-6-19(16)25/h1-2,4,6-8,14-15H,3,5,9-13H2. The van der Waals surface area contributed by atoms with Gasteiger partial charge in [0.15, 0.2) is 0 Å². The molecule has 28 heavy (non-hydrogen) atoms. The molecule has 1 fully saturated rings. The van der Waals surface area contributed by atoms with E-state index in [1.807, 2.05) is 18.2 Å². The van der Waals surface area contributed by atoms with Gasteiger partial charge in [-0.3, -0.25) is 19.4 Å². The predicted octanol–water partition coefficient (Wildman–Crippen LogP) is 1.59. The lowest BCUT2D eigenvalue weighted by Crippen LogP contribution is -2.48. The van der Waals surface area contributed by atoms with E-state index in [0.717, 1.165) is 24.9 Å². The van der Waals surface area contributed by atoms with Crippen LogP contribution in [0.3, 0.4) is 0 Å². The number of nitrogens with zero attached hydrogens (tertiary/aromatic N) is 4. The van der Waals surface area contributed by atoms with Gasteiger partial charge in [0.25, 0.3) is 11.8 Å². The van der Waals surface area contributed by atoms with Gasteiger partial charge < -0.3 is 14.7 Å². The lowest BCUT2D eigenvalue weighted by atomic mass is 10.0. The summed E-state index contributed by atoms with van der Waals surface area (Å²) in [6.07, 6.45) is 4.20. The van der Waals surface area contributed by atoms with Crippen LogP contribution >= 0.6 is 0 Å². The first-order chi connectivity index (χ1) is 13.7. The Bertz CT molecular complexity index is 906. The second kappa shape index (κ2) is 7.80. The highest BCUT2D eigenvalue weighted by Gasteiger charge is 2.26. The Morgan fingerprint density at radius 3 is 2.54 bits per heavy atom. The van der Waals surface area contributed by atoms with Crippen LogP contribution in [0.15, 0.2) is 42.6 Å². The summed E-state index contributed by atoms with van der Waals surface area (Å²) in [6, 6.07) is 11.2. The average molecular weight is 378 g/mol. The van der Waals surface area contributed by atoms with Crippen molar-refractivity contribution in [2.45, 2.75) is 12.8 Å². The Morgan fingerprint density at radius 1 is 0.964 bits per heavy atom. The highest BCUT2D eigenvalue weighted by atomic mass is 16.2. The van der Waals surface area contributed by atoms with Crippen LogP contribution in [0.2, 0.25) is 0 Å². The smallest absolute Gasteiger partial charge is 0.272 e. The van der Waals surface area contributed by atoms with Crippen LogP contribution in [0.4, 0.5) is 5.69 Å². The number of amides is 3. The summed E-state index contributed by atoms with van der Waals surface area (Å²) < 4.78 is 0. The SMILES string of the molecule is O=CN1CCN(C(=O)c2cc(C(=O)N3CCCc4ccccc43)ccn2)CC1. The van der Waals surface area contributed by atoms with Crippen molar-refractivity contribution in [3.05, 3.63) is 59.4 Å². The number of carbonyl (C=O) groups is 3. The molecule has 0 saturated carbocycles. The minimum atomic E-state index is -0.209. The minimum absolute atomic E-state index is 0.116. The molecule has 4 rings (SSSR count). The van der Waals surface area contributed by atoms with E-state index < -0.39 is 0 Å². The number of rotatable bonds is 3. The van der Waals surface area contributed by atoms with Crippen molar-refractivity contribution in [2.24, 2.45) is 0 Å². The summed E-state index contributed by atoms with van der Waals surface area (Å²) in [5, 5.41) is 0. The largest absolute Gasteiger partial charge is 0.342 e. The molecule has 7 nitrogen and oxygen atoms in total. The maximum atomic E-state index is 13.1. The average Bonchev–Trinajstić information content (AvgIpc) is 2.78. The molecule has 3 heterocycles. The van der Waals surface area contributed by atoms with Gasteiger partial charge in [-0.1, -0.05) is 18.2 Å². The zero-order chi connectivity index (χ0) is 19.5. The molecular weight excluding hydrogens is 356 g/mol. The van der Waals surface area contributed by atoms with Crippen molar-refractivity contribution < 1.29 is 14.4 Å². The lowest BCUT2D eigenvalue weighted by Gasteiger charge is -2.32. The van der Waals surface area contributed by atoms with Crippen LogP contribution < -0.4 is 4.90 Å². The molecule has 7 heteroatoms. The number of pyridine rings is 1. The normalized spacial score (nSPS) is 16.5. The van der Waals surface area contributed by atoms with Crippen molar-refractivity contribution in [3.63, 3.8) is 0 Å². The number of fused-ring (bicyclic) bond motifs is 1.